The van der Waals surface area contributed by atoms with Gasteiger partial charge >= 0.3 is 0 Å². The Labute approximate surface area is 173 Å². The van der Waals surface area contributed by atoms with E-state index in [4.69, 9.17) is 16.3 Å². The fraction of sp³-hybridized carbons (Fsp3) is 0.353. The summed E-state index contributed by atoms with van der Waals surface area (Å²) in [5, 5.41) is 44.1. The summed E-state index contributed by atoms with van der Waals surface area (Å²) < 4.78 is 6.94. The van der Waals surface area contributed by atoms with Crippen LogP contribution in [0.4, 0.5) is 11.5 Å². The van der Waals surface area contributed by atoms with Gasteiger partial charge in [-0.1, -0.05) is 11.6 Å². The second kappa shape index (κ2) is 8.08. The van der Waals surface area contributed by atoms with Gasteiger partial charge in [0.25, 0.3) is 5.69 Å². The van der Waals surface area contributed by atoms with Crippen LogP contribution in [0, 0.1) is 10.1 Å². The maximum absolute atomic E-state index is 11.2. The van der Waals surface area contributed by atoms with Gasteiger partial charge in [0.05, 0.1) is 23.4 Å². The second-order valence-electron chi connectivity index (χ2n) is 6.66. The summed E-state index contributed by atoms with van der Waals surface area (Å²) in [6.45, 7) is -0.398. The number of hydrogen-bond donors (Lipinski definition) is 4. The zero-order chi connectivity index (χ0) is 21.4. The van der Waals surface area contributed by atoms with Gasteiger partial charge in [0.1, 0.15) is 24.6 Å². The van der Waals surface area contributed by atoms with Gasteiger partial charge in [0, 0.05) is 17.6 Å². The van der Waals surface area contributed by atoms with Gasteiger partial charge in [-0.15, -0.1) is 0 Å². The lowest BCUT2D eigenvalue weighted by molar-refractivity contribution is -0.385. The highest BCUT2D eigenvalue weighted by Crippen LogP contribution is 2.32. The van der Waals surface area contributed by atoms with Crippen molar-refractivity contribution < 1.29 is 25.0 Å². The number of aliphatic hydroxyl groups is 3. The molecular weight excluding hydrogens is 420 g/mol. The third kappa shape index (κ3) is 3.55. The number of benzene rings is 1. The van der Waals surface area contributed by atoms with Crippen LogP contribution in [-0.4, -0.2) is 64.7 Å². The number of fused-ring (bicyclic) bond motifs is 1. The molecule has 13 heteroatoms. The Kier molecular flexibility index (Phi) is 5.49. The van der Waals surface area contributed by atoms with Crippen LogP contribution in [0.15, 0.2) is 30.9 Å². The van der Waals surface area contributed by atoms with E-state index in [0.29, 0.717) is 27.6 Å². The van der Waals surface area contributed by atoms with Crippen molar-refractivity contribution in [3.63, 3.8) is 0 Å². The molecule has 12 nitrogen and oxygen atoms in total. The number of imidazole rings is 1. The predicted octanol–water partition coefficient (Wildman–Crippen LogP) is 0.611. The molecule has 4 N–H and O–H groups in total. The number of nitrogens with one attached hydrogen (secondary N) is 1. The van der Waals surface area contributed by atoms with Crippen molar-refractivity contribution in [2.24, 2.45) is 0 Å². The SMILES string of the molecule is O=[N+]([O-])c1ccc(Cl)cc1CNc1ncnc2c1ncn2C1O[C@H](CO)[C@@H](O)[C@H]1O. The Bertz CT molecular complexity index is 1090. The van der Waals surface area contributed by atoms with E-state index in [0.717, 1.165) is 0 Å². The third-order valence-corrected chi connectivity index (χ3v) is 5.07. The number of nitrogens with zero attached hydrogens (tertiary/aromatic N) is 5. The highest BCUT2D eigenvalue weighted by molar-refractivity contribution is 6.30. The van der Waals surface area contributed by atoms with E-state index in [1.165, 1.54) is 35.4 Å². The molecule has 4 rings (SSSR count). The Morgan fingerprint density at radius 1 is 1.27 bits per heavy atom. The number of rotatable bonds is 6. The molecule has 2 aromatic heterocycles. The monoisotopic (exact) mass is 436 g/mol. The zero-order valence-corrected chi connectivity index (χ0v) is 16.0. The van der Waals surface area contributed by atoms with Crippen molar-refractivity contribution in [1.82, 2.24) is 19.5 Å². The van der Waals surface area contributed by atoms with E-state index in [9.17, 15) is 25.4 Å². The van der Waals surface area contributed by atoms with E-state index in [1.807, 2.05) is 0 Å². The Morgan fingerprint density at radius 3 is 2.77 bits per heavy atom. The Balaban J connectivity index is 1.62. The number of ether oxygens (including phenoxy) is 1. The predicted molar refractivity (Wildman–Crippen MR) is 104 cm³/mol. The van der Waals surface area contributed by atoms with Crippen LogP contribution in [0.2, 0.25) is 5.02 Å². The van der Waals surface area contributed by atoms with Gasteiger partial charge in [-0.3, -0.25) is 14.7 Å². The van der Waals surface area contributed by atoms with Crippen molar-refractivity contribution in [3.8, 4) is 0 Å². The lowest BCUT2D eigenvalue weighted by atomic mass is 10.1. The average Bonchev–Trinajstić information content (AvgIpc) is 3.27. The standard InChI is InChI=1S/C17H17ClN6O6/c18-9-1-2-10(24(28)29)8(3-9)4-19-15-12-16(21-6-20-15)23(7-22-12)17-14(27)13(26)11(5-25)30-17/h1-3,6-7,11,13-14,17,25-27H,4-5H2,(H,19,20,21)/t11-,13-,14-,17?/m1/s1. The summed E-state index contributed by atoms with van der Waals surface area (Å²) in [6.07, 6.45) is -1.87. The topological polar surface area (TPSA) is 169 Å². The molecule has 0 bridgehead atoms. The molecule has 0 spiro atoms. The number of nitro benzene ring substituents is 1. The number of nitro groups is 1. The summed E-state index contributed by atoms with van der Waals surface area (Å²) in [4.78, 5) is 23.3. The summed E-state index contributed by atoms with van der Waals surface area (Å²) in [5.74, 6) is 0.305. The lowest BCUT2D eigenvalue weighted by Gasteiger charge is -2.16. The second-order valence-corrected chi connectivity index (χ2v) is 7.10. The summed E-state index contributed by atoms with van der Waals surface area (Å²) in [7, 11) is 0. The van der Waals surface area contributed by atoms with Crippen molar-refractivity contribution in [2.75, 3.05) is 11.9 Å². The molecule has 3 heterocycles. The molecule has 1 saturated heterocycles. The quantitative estimate of drug-likeness (QED) is 0.317. The molecule has 3 aromatic rings. The molecule has 0 saturated carbocycles. The highest BCUT2D eigenvalue weighted by atomic mass is 35.5. The highest BCUT2D eigenvalue weighted by Gasteiger charge is 2.44. The average molecular weight is 437 g/mol. The molecule has 1 aliphatic rings. The maximum Gasteiger partial charge on any atom is 0.274 e. The molecule has 158 valence electrons. The van der Waals surface area contributed by atoms with Crippen molar-refractivity contribution in [2.45, 2.75) is 31.1 Å². The van der Waals surface area contributed by atoms with Gasteiger partial charge in [-0.2, -0.15) is 0 Å². The molecule has 0 aliphatic carbocycles. The van der Waals surface area contributed by atoms with E-state index in [-0.39, 0.29) is 12.2 Å². The van der Waals surface area contributed by atoms with Gasteiger partial charge < -0.3 is 25.4 Å². The largest absolute Gasteiger partial charge is 0.394 e. The van der Waals surface area contributed by atoms with Gasteiger partial charge in [-0.05, 0) is 12.1 Å². The molecule has 1 unspecified atom stereocenters. The molecule has 1 aliphatic heterocycles. The minimum atomic E-state index is -1.29. The first-order valence-electron chi connectivity index (χ1n) is 8.87. The number of anilines is 1. The molecule has 1 fully saturated rings. The molecule has 1 aromatic carbocycles. The molecule has 0 radical (unpaired) electrons. The first-order chi connectivity index (χ1) is 14.4. The Morgan fingerprint density at radius 2 is 2.07 bits per heavy atom. The van der Waals surface area contributed by atoms with Gasteiger partial charge in [0.2, 0.25) is 0 Å². The fourth-order valence-corrected chi connectivity index (χ4v) is 3.52. The van der Waals surface area contributed by atoms with Crippen molar-refractivity contribution in [1.29, 1.82) is 0 Å². The summed E-state index contributed by atoms with van der Waals surface area (Å²) in [6, 6.07) is 4.25. The summed E-state index contributed by atoms with van der Waals surface area (Å²) >= 11 is 5.96. The fourth-order valence-electron chi connectivity index (χ4n) is 3.33. The van der Waals surface area contributed by atoms with E-state index < -0.39 is 36.1 Å². The number of hydrogen-bond acceptors (Lipinski definition) is 10. The van der Waals surface area contributed by atoms with E-state index in [2.05, 4.69) is 20.3 Å². The molecule has 30 heavy (non-hydrogen) atoms. The Hall–Kier alpha value is -2.90. The van der Waals surface area contributed by atoms with Crippen LogP contribution >= 0.6 is 11.6 Å². The van der Waals surface area contributed by atoms with Crippen LogP contribution in [0.1, 0.15) is 11.8 Å². The van der Waals surface area contributed by atoms with E-state index in [1.54, 1.807) is 0 Å². The molecular formula is C17H17ClN6O6. The molecule has 4 atom stereocenters. The van der Waals surface area contributed by atoms with Gasteiger partial charge in [0.15, 0.2) is 23.2 Å². The lowest BCUT2D eigenvalue weighted by Crippen LogP contribution is -2.33. The van der Waals surface area contributed by atoms with Gasteiger partial charge in [-0.25, -0.2) is 15.0 Å². The maximum atomic E-state index is 11.2. The van der Waals surface area contributed by atoms with Crippen LogP contribution in [0.3, 0.4) is 0 Å². The van der Waals surface area contributed by atoms with Crippen LogP contribution < -0.4 is 5.32 Å². The number of halogens is 1. The number of aliphatic hydroxyl groups excluding tert-OH is 3. The first-order valence-corrected chi connectivity index (χ1v) is 9.25. The minimum absolute atomic E-state index is 0.0592. The normalized spacial score (nSPS) is 23.7. The van der Waals surface area contributed by atoms with Crippen molar-refractivity contribution in [3.05, 3.63) is 51.6 Å². The smallest absolute Gasteiger partial charge is 0.274 e. The third-order valence-electron chi connectivity index (χ3n) is 4.83. The summed E-state index contributed by atoms with van der Waals surface area (Å²) in [5.41, 5.74) is 0.916. The van der Waals surface area contributed by atoms with Crippen LogP contribution in [0.25, 0.3) is 11.2 Å². The van der Waals surface area contributed by atoms with Crippen molar-refractivity contribution >= 4 is 34.3 Å². The zero-order valence-electron chi connectivity index (χ0n) is 15.3. The number of aromatic nitrogens is 4. The molecule has 0 amide bonds. The first kappa shape index (κ1) is 20.4. The van der Waals surface area contributed by atoms with E-state index >= 15 is 0 Å². The minimum Gasteiger partial charge on any atom is -0.394 e. The van der Waals surface area contributed by atoms with Crippen LogP contribution in [-0.2, 0) is 11.3 Å². The van der Waals surface area contributed by atoms with Crippen LogP contribution in [0.5, 0.6) is 0 Å².